The van der Waals surface area contributed by atoms with Crippen molar-refractivity contribution in [1.82, 2.24) is 4.31 Å². The fourth-order valence-electron chi connectivity index (χ4n) is 4.15. The Hall–Kier alpha value is -2.75. The van der Waals surface area contributed by atoms with Gasteiger partial charge in [0.1, 0.15) is 6.04 Å². The van der Waals surface area contributed by atoms with Gasteiger partial charge in [0, 0.05) is 31.6 Å². The molecule has 0 radical (unpaired) electrons. The van der Waals surface area contributed by atoms with Crippen LogP contribution in [0.4, 0.5) is 5.69 Å². The molecule has 170 valence electrons. The van der Waals surface area contributed by atoms with Crippen molar-refractivity contribution in [3.8, 4) is 0 Å². The monoisotopic (exact) mass is 458 g/mol. The van der Waals surface area contributed by atoms with Crippen molar-refractivity contribution < 1.29 is 27.5 Å². The van der Waals surface area contributed by atoms with Gasteiger partial charge < -0.3 is 9.47 Å². The van der Waals surface area contributed by atoms with Gasteiger partial charge in [0.15, 0.2) is 0 Å². The maximum absolute atomic E-state index is 13.0. The summed E-state index contributed by atoms with van der Waals surface area (Å²) in [5.74, 6) is -0.609. The number of aryl methyl sites for hydroxylation is 1. The van der Waals surface area contributed by atoms with E-state index >= 15 is 0 Å². The van der Waals surface area contributed by atoms with Gasteiger partial charge in [-0.25, -0.2) is 13.2 Å². The summed E-state index contributed by atoms with van der Waals surface area (Å²) in [5.41, 5.74) is 2.52. The van der Waals surface area contributed by atoms with E-state index in [1.54, 1.807) is 24.3 Å². The minimum absolute atomic E-state index is 0.171. The van der Waals surface area contributed by atoms with Gasteiger partial charge in [-0.15, -0.1) is 0 Å². The molecule has 0 N–H and O–H groups in total. The van der Waals surface area contributed by atoms with Crippen LogP contribution in [-0.2, 0) is 41.9 Å². The minimum atomic E-state index is -3.55. The van der Waals surface area contributed by atoms with Crippen molar-refractivity contribution in [3.05, 3.63) is 59.7 Å². The first-order chi connectivity index (χ1) is 15.4. The predicted molar refractivity (Wildman–Crippen MR) is 118 cm³/mol. The second-order valence-corrected chi connectivity index (χ2v) is 9.73. The lowest BCUT2D eigenvalue weighted by Gasteiger charge is -2.26. The summed E-state index contributed by atoms with van der Waals surface area (Å²) in [6.45, 7) is 1.48. The fraction of sp³-hybridized carbons (Fsp3) is 0.391. The summed E-state index contributed by atoms with van der Waals surface area (Å²) in [5, 5.41) is 0. The minimum Gasteiger partial charge on any atom is -0.467 e. The average molecular weight is 459 g/mol. The Morgan fingerprint density at radius 3 is 2.44 bits per heavy atom. The molecule has 0 spiro atoms. The largest absolute Gasteiger partial charge is 0.467 e. The molecular weight excluding hydrogens is 432 g/mol. The number of hydrogen-bond acceptors (Lipinski definition) is 6. The molecule has 0 aliphatic carbocycles. The van der Waals surface area contributed by atoms with Gasteiger partial charge in [-0.1, -0.05) is 30.3 Å². The van der Waals surface area contributed by atoms with E-state index in [0.29, 0.717) is 39.1 Å². The zero-order chi connectivity index (χ0) is 22.7. The van der Waals surface area contributed by atoms with Crippen LogP contribution >= 0.6 is 0 Å². The Morgan fingerprint density at radius 1 is 1.06 bits per heavy atom. The molecule has 2 aliphatic heterocycles. The van der Waals surface area contributed by atoms with Crippen LogP contribution in [0, 0.1) is 0 Å². The van der Waals surface area contributed by atoms with Crippen molar-refractivity contribution in [2.75, 3.05) is 38.3 Å². The lowest BCUT2D eigenvalue weighted by Crippen LogP contribution is -2.43. The molecule has 2 heterocycles. The number of rotatable bonds is 6. The normalized spacial score (nSPS) is 18.9. The highest BCUT2D eigenvalue weighted by Crippen LogP contribution is 2.33. The van der Waals surface area contributed by atoms with Crippen molar-refractivity contribution in [2.24, 2.45) is 0 Å². The highest BCUT2D eigenvalue weighted by Gasteiger charge is 2.38. The number of hydrogen-bond donors (Lipinski definition) is 0. The van der Waals surface area contributed by atoms with Crippen molar-refractivity contribution in [1.29, 1.82) is 0 Å². The first kappa shape index (κ1) is 22.4. The number of ether oxygens (including phenoxy) is 2. The maximum Gasteiger partial charge on any atom is 0.329 e. The topological polar surface area (TPSA) is 93.2 Å². The highest BCUT2D eigenvalue weighted by molar-refractivity contribution is 7.89. The number of methoxy groups -OCH3 is 1. The second kappa shape index (κ2) is 9.40. The number of amides is 1. The van der Waals surface area contributed by atoms with Crippen molar-refractivity contribution in [2.45, 2.75) is 30.2 Å². The molecule has 0 aromatic heterocycles. The molecular formula is C23H26N2O6S. The molecule has 1 amide bonds. The van der Waals surface area contributed by atoms with Gasteiger partial charge in [-0.3, -0.25) is 9.69 Å². The van der Waals surface area contributed by atoms with Gasteiger partial charge in [-0.2, -0.15) is 4.31 Å². The number of benzene rings is 2. The molecule has 2 aromatic rings. The number of carbonyl (C=O) groups excluding carboxylic acids is 2. The lowest BCUT2D eigenvalue weighted by molar-refractivity contribution is -0.143. The van der Waals surface area contributed by atoms with Crippen LogP contribution in [0.2, 0.25) is 0 Å². The Labute approximate surface area is 187 Å². The first-order valence-electron chi connectivity index (χ1n) is 10.6. The van der Waals surface area contributed by atoms with Crippen molar-refractivity contribution in [3.63, 3.8) is 0 Å². The average Bonchev–Trinajstić information content (AvgIpc) is 3.22. The third-order valence-electron chi connectivity index (χ3n) is 5.88. The van der Waals surface area contributed by atoms with E-state index in [4.69, 9.17) is 9.47 Å². The molecule has 9 heteroatoms. The fourth-order valence-corrected chi connectivity index (χ4v) is 5.56. The maximum atomic E-state index is 13.0. The number of sulfonamides is 1. The third-order valence-corrected chi connectivity index (χ3v) is 7.79. The van der Waals surface area contributed by atoms with Crippen LogP contribution in [0.1, 0.15) is 17.5 Å². The zero-order valence-electron chi connectivity index (χ0n) is 17.9. The standard InChI is InChI=1S/C23H26N2O6S/c1-30-23(27)21-16-18-4-2-3-5-20(18)25(21)22(26)11-8-17-6-9-19(10-7-17)32(28,29)24-12-14-31-15-13-24/h2-7,9-10,21H,8,11-16H2,1H3. The van der Waals surface area contributed by atoms with Crippen LogP contribution in [0.3, 0.4) is 0 Å². The Morgan fingerprint density at radius 2 is 1.75 bits per heavy atom. The van der Waals surface area contributed by atoms with Gasteiger partial charge in [0.25, 0.3) is 0 Å². The third kappa shape index (κ3) is 4.41. The number of nitrogens with zero attached hydrogens (tertiary/aromatic N) is 2. The summed E-state index contributed by atoms with van der Waals surface area (Å²) in [6.07, 6.45) is 1.06. The number of para-hydroxylation sites is 1. The van der Waals surface area contributed by atoms with E-state index in [0.717, 1.165) is 16.8 Å². The van der Waals surface area contributed by atoms with Gasteiger partial charge >= 0.3 is 5.97 Å². The number of carbonyl (C=O) groups is 2. The molecule has 2 aliphatic rings. The van der Waals surface area contributed by atoms with E-state index < -0.39 is 22.0 Å². The number of fused-ring (bicyclic) bond motifs is 1. The Balaban J connectivity index is 1.44. The van der Waals surface area contributed by atoms with E-state index in [1.165, 1.54) is 16.3 Å². The quantitative estimate of drug-likeness (QED) is 0.613. The Kier molecular flexibility index (Phi) is 6.59. The summed E-state index contributed by atoms with van der Waals surface area (Å²) in [7, 11) is -2.23. The van der Waals surface area contributed by atoms with Crippen LogP contribution in [0.5, 0.6) is 0 Å². The number of esters is 1. The zero-order valence-corrected chi connectivity index (χ0v) is 18.7. The molecule has 1 fully saturated rings. The SMILES string of the molecule is COC(=O)C1Cc2ccccc2N1C(=O)CCc1ccc(S(=O)(=O)N2CCOCC2)cc1. The molecule has 8 nitrogen and oxygen atoms in total. The van der Waals surface area contributed by atoms with Crippen molar-refractivity contribution >= 4 is 27.6 Å². The van der Waals surface area contributed by atoms with E-state index in [2.05, 4.69) is 0 Å². The van der Waals surface area contributed by atoms with Gasteiger partial charge in [0.2, 0.25) is 15.9 Å². The molecule has 1 unspecified atom stereocenters. The molecule has 32 heavy (non-hydrogen) atoms. The molecule has 4 rings (SSSR count). The van der Waals surface area contributed by atoms with Crippen LogP contribution in [0.25, 0.3) is 0 Å². The lowest BCUT2D eigenvalue weighted by atomic mass is 10.1. The Bertz CT molecular complexity index is 1090. The summed E-state index contributed by atoms with van der Waals surface area (Å²) >= 11 is 0. The number of anilines is 1. The molecule has 1 atom stereocenters. The van der Waals surface area contributed by atoms with Gasteiger partial charge in [-0.05, 0) is 35.7 Å². The summed E-state index contributed by atoms with van der Waals surface area (Å²) in [4.78, 5) is 27.1. The van der Waals surface area contributed by atoms with Crippen LogP contribution < -0.4 is 4.90 Å². The predicted octanol–water partition coefficient (Wildman–Crippen LogP) is 1.77. The summed E-state index contributed by atoms with van der Waals surface area (Å²) < 4.78 is 37.1. The highest BCUT2D eigenvalue weighted by atomic mass is 32.2. The summed E-state index contributed by atoms with van der Waals surface area (Å²) in [6, 6.07) is 13.4. The molecule has 1 saturated heterocycles. The van der Waals surface area contributed by atoms with Crippen LogP contribution in [0.15, 0.2) is 53.4 Å². The van der Waals surface area contributed by atoms with Crippen LogP contribution in [-0.4, -0.2) is 64.1 Å². The first-order valence-corrected chi connectivity index (χ1v) is 12.0. The van der Waals surface area contributed by atoms with E-state index in [1.807, 2.05) is 24.3 Å². The van der Waals surface area contributed by atoms with Gasteiger partial charge in [0.05, 0.1) is 25.2 Å². The van der Waals surface area contributed by atoms with E-state index in [9.17, 15) is 18.0 Å². The van der Waals surface area contributed by atoms with E-state index in [-0.39, 0.29) is 17.2 Å². The number of morpholine rings is 1. The molecule has 0 saturated carbocycles. The smallest absolute Gasteiger partial charge is 0.329 e. The molecule has 0 bridgehead atoms. The second-order valence-electron chi connectivity index (χ2n) is 7.80. The molecule has 2 aromatic carbocycles.